The molecule has 0 bridgehead atoms. The zero-order chi connectivity index (χ0) is 10.4. The van der Waals surface area contributed by atoms with E-state index < -0.39 is 0 Å². The Bertz CT molecular complexity index is 439. The Hall–Kier alpha value is -2.15. The van der Waals surface area contributed by atoms with Crippen molar-refractivity contribution in [2.24, 2.45) is 5.11 Å². The number of hydrogen-bond donors (Lipinski definition) is 1. The van der Waals surface area contributed by atoms with E-state index in [1.807, 2.05) is 6.92 Å². The Morgan fingerprint density at radius 3 is 2.93 bits per heavy atom. The molecule has 0 aliphatic rings. The number of nitrogens with zero attached hydrogens (tertiary/aromatic N) is 3. The first-order valence-corrected chi connectivity index (χ1v) is 4.03. The van der Waals surface area contributed by atoms with Gasteiger partial charge in [0, 0.05) is 16.2 Å². The minimum Gasteiger partial charge on any atom is -0.507 e. The van der Waals surface area contributed by atoms with Crippen LogP contribution in [0.25, 0.3) is 16.5 Å². The fraction of sp³-hybridized carbons (Fsp3) is 0.100. The van der Waals surface area contributed by atoms with Gasteiger partial charge >= 0.3 is 0 Å². The minimum atomic E-state index is 0.0734. The van der Waals surface area contributed by atoms with Gasteiger partial charge in [-0.2, -0.15) is 0 Å². The predicted octanol–water partition coefficient (Wildman–Crippen LogP) is 3.52. The highest BCUT2D eigenvalue weighted by Gasteiger charge is 1.97. The summed E-state index contributed by atoms with van der Waals surface area (Å²) in [6.45, 7) is 1.84. The second-order valence-corrected chi connectivity index (χ2v) is 2.53. The first kappa shape index (κ1) is 9.93. The van der Waals surface area contributed by atoms with Crippen molar-refractivity contribution in [3.8, 4) is 5.75 Å². The Kier molecular flexibility index (Phi) is 3.39. The molecule has 4 heteroatoms. The van der Waals surface area contributed by atoms with Gasteiger partial charge in [-0.05, 0) is 30.7 Å². The summed E-state index contributed by atoms with van der Waals surface area (Å²) < 4.78 is 0. The van der Waals surface area contributed by atoms with Crippen LogP contribution in [-0.4, -0.2) is 5.11 Å². The molecule has 1 aromatic rings. The van der Waals surface area contributed by atoms with Gasteiger partial charge in [-0.1, -0.05) is 17.2 Å². The van der Waals surface area contributed by atoms with E-state index in [2.05, 4.69) is 15.8 Å². The number of phenols is 1. The maximum atomic E-state index is 9.48. The van der Waals surface area contributed by atoms with Crippen molar-refractivity contribution in [2.45, 2.75) is 6.92 Å². The average Bonchev–Trinajstić information content (AvgIpc) is 2.17. The number of allylic oxidation sites excluding steroid dienone is 1. The van der Waals surface area contributed by atoms with Crippen LogP contribution in [0.15, 0.2) is 35.1 Å². The standard InChI is InChI=1S/C10H9N3O/c1-2-3-4-8-5-6-9(12-13-11)7-10(8)14/h2,4-7,14H,1H3. The largest absolute Gasteiger partial charge is 0.507 e. The normalized spacial score (nSPS) is 8.36. The number of phenolic OH excluding ortho intramolecular Hbond substituents is 1. The van der Waals surface area contributed by atoms with Crippen LogP contribution < -0.4 is 0 Å². The molecule has 0 atom stereocenters. The van der Waals surface area contributed by atoms with Crippen LogP contribution in [0.1, 0.15) is 12.5 Å². The van der Waals surface area contributed by atoms with Gasteiger partial charge in [0.05, 0.1) is 0 Å². The molecule has 0 radical (unpaired) electrons. The molecule has 0 saturated heterocycles. The van der Waals surface area contributed by atoms with E-state index in [9.17, 15) is 5.11 Å². The third kappa shape index (κ3) is 2.42. The lowest BCUT2D eigenvalue weighted by atomic mass is 10.2. The van der Waals surface area contributed by atoms with Crippen LogP contribution >= 0.6 is 0 Å². The molecule has 0 saturated carbocycles. The lowest BCUT2D eigenvalue weighted by Gasteiger charge is -1.98. The van der Waals surface area contributed by atoms with Crippen LogP contribution in [0.3, 0.4) is 0 Å². The summed E-state index contributed by atoms with van der Waals surface area (Å²) in [5.74, 6) is 0.0734. The maximum absolute atomic E-state index is 9.48. The molecule has 1 N–H and O–H groups in total. The van der Waals surface area contributed by atoms with E-state index in [1.54, 1.807) is 24.3 Å². The van der Waals surface area contributed by atoms with Gasteiger partial charge in [-0.3, -0.25) is 0 Å². The molecule has 0 aliphatic heterocycles. The lowest BCUT2D eigenvalue weighted by Crippen LogP contribution is -1.72. The van der Waals surface area contributed by atoms with E-state index in [0.29, 0.717) is 11.3 Å². The van der Waals surface area contributed by atoms with Gasteiger partial charge in [0.2, 0.25) is 0 Å². The second-order valence-electron chi connectivity index (χ2n) is 2.53. The summed E-state index contributed by atoms with van der Waals surface area (Å²) in [4.78, 5) is 2.62. The molecule has 0 amide bonds. The highest BCUT2D eigenvalue weighted by atomic mass is 16.3. The molecule has 0 aromatic heterocycles. The highest BCUT2D eigenvalue weighted by molar-refractivity contribution is 5.60. The van der Waals surface area contributed by atoms with E-state index in [-0.39, 0.29) is 5.75 Å². The Labute approximate surface area is 81.4 Å². The first-order chi connectivity index (χ1) is 6.77. The van der Waals surface area contributed by atoms with Gasteiger partial charge in [0.25, 0.3) is 0 Å². The third-order valence-electron chi connectivity index (χ3n) is 1.58. The molecular formula is C10H9N3O. The van der Waals surface area contributed by atoms with Gasteiger partial charge in [0.1, 0.15) is 5.75 Å². The van der Waals surface area contributed by atoms with Crippen molar-refractivity contribution in [3.63, 3.8) is 0 Å². The van der Waals surface area contributed by atoms with Gasteiger partial charge in [-0.15, -0.1) is 5.73 Å². The molecule has 14 heavy (non-hydrogen) atoms. The summed E-state index contributed by atoms with van der Waals surface area (Å²) >= 11 is 0. The number of benzene rings is 1. The van der Waals surface area contributed by atoms with Crippen LogP contribution in [-0.2, 0) is 0 Å². The molecule has 4 nitrogen and oxygen atoms in total. The summed E-state index contributed by atoms with van der Waals surface area (Å²) in [7, 11) is 0. The number of azide groups is 1. The molecule has 1 rings (SSSR count). The maximum Gasteiger partial charge on any atom is 0.123 e. The second kappa shape index (κ2) is 4.77. The molecule has 1 aromatic carbocycles. The molecule has 0 fully saturated rings. The van der Waals surface area contributed by atoms with Crippen molar-refractivity contribution in [1.29, 1.82) is 0 Å². The third-order valence-corrected chi connectivity index (χ3v) is 1.58. The highest BCUT2D eigenvalue weighted by Crippen LogP contribution is 2.24. The van der Waals surface area contributed by atoms with Crippen LogP contribution in [0.4, 0.5) is 5.69 Å². The van der Waals surface area contributed by atoms with Gasteiger partial charge in [-0.25, -0.2) is 0 Å². The molecule has 0 unspecified atom stereocenters. The van der Waals surface area contributed by atoms with E-state index in [4.69, 9.17) is 5.53 Å². The van der Waals surface area contributed by atoms with Crippen LogP contribution in [0, 0.1) is 0 Å². The Morgan fingerprint density at radius 1 is 1.57 bits per heavy atom. The first-order valence-electron chi connectivity index (χ1n) is 4.03. The molecule has 0 spiro atoms. The smallest absolute Gasteiger partial charge is 0.123 e. The van der Waals surface area contributed by atoms with E-state index >= 15 is 0 Å². The predicted molar refractivity (Wildman–Crippen MR) is 55.1 cm³/mol. The summed E-state index contributed by atoms with van der Waals surface area (Å²) in [6.07, 6.45) is 3.38. The molecule has 70 valence electrons. The van der Waals surface area contributed by atoms with Gasteiger partial charge in [0.15, 0.2) is 0 Å². The van der Waals surface area contributed by atoms with Crippen molar-refractivity contribution in [3.05, 3.63) is 46.0 Å². The number of aromatic hydroxyl groups is 1. The van der Waals surface area contributed by atoms with Crippen LogP contribution in [0.5, 0.6) is 5.75 Å². The molecular weight excluding hydrogens is 178 g/mol. The molecule has 0 heterocycles. The van der Waals surface area contributed by atoms with Crippen LogP contribution in [0.2, 0.25) is 0 Å². The Morgan fingerprint density at radius 2 is 2.36 bits per heavy atom. The topological polar surface area (TPSA) is 69.0 Å². The van der Waals surface area contributed by atoms with E-state index in [0.717, 1.165) is 0 Å². The quantitative estimate of drug-likeness (QED) is 0.327. The van der Waals surface area contributed by atoms with Crippen molar-refractivity contribution >= 4 is 11.8 Å². The van der Waals surface area contributed by atoms with E-state index in [1.165, 1.54) is 6.07 Å². The summed E-state index contributed by atoms with van der Waals surface area (Å²) in [5, 5.41) is 12.8. The SMILES string of the molecule is CC=C=Cc1ccc(N=[N+]=[N-])cc1O. The zero-order valence-electron chi connectivity index (χ0n) is 7.68. The monoisotopic (exact) mass is 187 g/mol. The minimum absolute atomic E-state index is 0.0734. The average molecular weight is 187 g/mol. The van der Waals surface area contributed by atoms with Crippen molar-refractivity contribution in [2.75, 3.05) is 0 Å². The lowest BCUT2D eigenvalue weighted by molar-refractivity contribution is 0.474. The van der Waals surface area contributed by atoms with Gasteiger partial charge < -0.3 is 5.11 Å². The number of hydrogen-bond acceptors (Lipinski definition) is 2. The molecule has 0 aliphatic carbocycles. The zero-order valence-corrected chi connectivity index (χ0v) is 7.68. The fourth-order valence-electron chi connectivity index (χ4n) is 0.941. The van der Waals surface area contributed by atoms with Crippen molar-refractivity contribution < 1.29 is 5.11 Å². The Balaban J connectivity index is 3.13. The number of rotatable bonds is 2. The fourth-order valence-corrected chi connectivity index (χ4v) is 0.941. The summed E-state index contributed by atoms with van der Waals surface area (Å²) in [6, 6.07) is 4.70. The van der Waals surface area contributed by atoms with Crippen molar-refractivity contribution in [1.82, 2.24) is 0 Å². The summed E-state index contributed by atoms with van der Waals surface area (Å²) in [5.41, 5.74) is 12.0.